The maximum Gasteiger partial charge on any atom is 0.241 e. The van der Waals surface area contributed by atoms with Crippen molar-refractivity contribution in [3.8, 4) is 0 Å². The fourth-order valence-corrected chi connectivity index (χ4v) is 3.66. The van der Waals surface area contributed by atoms with Gasteiger partial charge in [-0.3, -0.25) is 0 Å². The van der Waals surface area contributed by atoms with Crippen molar-refractivity contribution in [2.75, 3.05) is 6.54 Å². The summed E-state index contributed by atoms with van der Waals surface area (Å²) in [5.74, 6) is 0. The van der Waals surface area contributed by atoms with Gasteiger partial charge in [-0.1, -0.05) is 6.92 Å². The molecular weight excluding hydrogens is 246 g/mol. The highest BCUT2D eigenvalue weighted by molar-refractivity contribution is 7.89. The van der Waals surface area contributed by atoms with E-state index in [-0.39, 0.29) is 16.9 Å². The van der Waals surface area contributed by atoms with Gasteiger partial charge < -0.3 is 5.11 Å². The van der Waals surface area contributed by atoms with Crippen LogP contribution in [-0.2, 0) is 16.6 Å². The molecule has 0 unspecified atom stereocenters. The fraction of sp³-hybridized carbons (Fsp3) is 0.600. The third kappa shape index (κ3) is 2.63. The van der Waals surface area contributed by atoms with Crippen LogP contribution in [0.5, 0.6) is 0 Å². The molecule has 1 aliphatic carbocycles. The van der Waals surface area contributed by atoms with E-state index in [9.17, 15) is 8.42 Å². The third-order valence-electron chi connectivity index (χ3n) is 2.89. The molecule has 1 aromatic rings. The Balaban J connectivity index is 2.06. The summed E-state index contributed by atoms with van der Waals surface area (Å²) in [7, 11) is -3.39. The summed E-state index contributed by atoms with van der Waals surface area (Å²) in [4.78, 5) is 0.920. The predicted molar refractivity (Wildman–Crippen MR) is 62.8 cm³/mol. The minimum Gasteiger partial charge on any atom is -0.391 e. The topological polar surface area (TPSA) is 66.4 Å². The summed E-state index contributed by atoms with van der Waals surface area (Å²) in [6.07, 6.45) is 2.17. The smallest absolute Gasteiger partial charge is 0.241 e. The van der Waals surface area contributed by atoms with Gasteiger partial charge >= 0.3 is 0 Å². The van der Waals surface area contributed by atoms with Crippen molar-refractivity contribution in [1.29, 1.82) is 0 Å². The first-order chi connectivity index (χ1) is 7.45. The van der Waals surface area contributed by atoms with E-state index < -0.39 is 10.0 Å². The van der Waals surface area contributed by atoms with Crippen LogP contribution < -0.4 is 4.72 Å². The van der Waals surface area contributed by atoms with Crippen molar-refractivity contribution in [1.82, 2.24) is 4.72 Å². The van der Waals surface area contributed by atoms with E-state index in [0.29, 0.717) is 11.4 Å². The summed E-state index contributed by atoms with van der Waals surface area (Å²) in [5.41, 5.74) is 0.156. The Hall–Kier alpha value is -0.430. The predicted octanol–water partition coefficient (Wildman–Crippen LogP) is 1.32. The molecule has 1 heterocycles. The maximum absolute atomic E-state index is 11.8. The Morgan fingerprint density at radius 2 is 2.25 bits per heavy atom. The molecule has 1 aromatic heterocycles. The molecule has 0 amide bonds. The minimum absolute atomic E-state index is 0.113. The lowest BCUT2D eigenvalue weighted by atomic mass is 10.2. The summed E-state index contributed by atoms with van der Waals surface area (Å²) >= 11 is 1.26. The summed E-state index contributed by atoms with van der Waals surface area (Å²) < 4.78 is 26.3. The Kier molecular flexibility index (Phi) is 3.09. The molecule has 1 fully saturated rings. The molecule has 1 saturated carbocycles. The molecule has 1 aliphatic rings. The summed E-state index contributed by atoms with van der Waals surface area (Å²) in [6.45, 7) is 2.46. The van der Waals surface area contributed by atoms with Crippen molar-refractivity contribution < 1.29 is 13.5 Å². The lowest BCUT2D eigenvalue weighted by Crippen LogP contribution is -2.28. The van der Waals surface area contributed by atoms with E-state index in [4.69, 9.17) is 5.11 Å². The summed E-state index contributed by atoms with van der Waals surface area (Å²) in [5, 5.41) is 10.4. The molecule has 0 bridgehead atoms. The zero-order valence-corrected chi connectivity index (χ0v) is 10.7. The van der Waals surface area contributed by atoms with Gasteiger partial charge in [0.25, 0.3) is 0 Å². The number of hydrogen-bond donors (Lipinski definition) is 2. The maximum atomic E-state index is 11.8. The number of nitrogens with one attached hydrogen (secondary N) is 1. The van der Waals surface area contributed by atoms with Crippen LogP contribution in [0.2, 0.25) is 0 Å². The molecule has 2 rings (SSSR count). The van der Waals surface area contributed by atoms with Gasteiger partial charge in [0, 0.05) is 16.8 Å². The first kappa shape index (κ1) is 12.0. The SMILES string of the molecule is CC1(CNS(=O)(=O)c2csc(CO)c2)CC1. The highest BCUT2D eigenvalue weighted by Gasteiger charge is 2.38. The van der Waals surface area contributed by atoms with E-state index in [1.165, 1.54) is 17.4 Å². The van der Waals surface area contributed by atoms with Crippen LogP contribution >= 0.6 is 11.3 Å². The number of hydrogen-bond acceptors (Lipinski definition) is 4. The molecule has 0 saturated heterocycles. The lowest BCUT2D eigenvalue weighted by molar-refractivity contribution is 0.285. The van der Waals surface area contributed by atoms with E-state index in [1.54, 1.807) is 5.38 Å². The third-order valence-corrected chi connectivity index (χ3v) is 5.34. The van der Waals surface area contributed by atoms with E-state index in [2.05, 4.69) is 11.6 Å². The zero-order chi connectivity index (χ0) is 11.8. The molecule has 6 heteroatoms. The highest BCUT2D eigenvalue weighted by Crippen LogP contribution is 2.44. The molecular formula is C10H15NO3S2. The van der Waals surface area contributed by atoms with Gasteiger partial charge in [-0.25, -0.2) is 13.1 Å². The van der Waals surface area contributed by atoms with E-state index in [0.717, 1.165) is 12.8 Å². The molecule has 2 N–H and O–H groups in total. The van der Waals surface area contributed by atoms with Gasteiger partial charge in [-0.2, -0.15) is 0 Å². The lowest BCUT2D eigenvalue weighted by Gasteiger charge is -2.09. The quantitative estimate of drug-likeness (QED) is 0.840. The molecule has 90 valence electrons. The minimum atomic E-state index is -3.39. The van der Waals surface area contributed by atoms with Gasteiger partial charge in [0.05, 0.1) is 11.5 Å². The van der Waals surface area contributed by atoms with Crippen LogP contribution in [-0.4, -0.2) is 20.1 Å². The van der Waals surface area contributed by atoms with Crippen molar-refractivity contribution >= 4 is 21.4 Å². The van der Waals surface area contributed by atoms with Gasteiger partial charge in [-0.15, -0.1) is 11.3 Å². The van der Waals surface area contributed by atoms with Gasteiger partial charge in [-0.05, 0) is 24.3 Å². The monoisotopic (exact) mass is 261 g/mol. The first-order valence-corrected chi connectivity index (χ1v) is 7.49. The molecule has 0 aliphatic heterocycles. The summed E-state index contributed by atoms with van der Waals surface area (Å²) in [6, 6.07) is 1.52. The number of thiophene rings is 1. The van der Waals surface area contributed by atoms with Crippen molar-refractivity contribution in [2.45, 2.75) is 31.3 Å². The molecule has 4 nitrogen and oxygen atoms in total. The number of aliphatic hydroxyl groups excluding tert-OH is 1. The Morgan fingerprint density at radius 3 is 2.75 bits per heavy atom. The van der Waals surface area contributed by atoms with Crippen LogP contribution in [0.4, 0.5) is 0 Å². The average molecular weight is 261 g/mol. The molecule has 0 atom stereocenters. The number of aliphatic hydroxyl groups is 1. The highest BCUT2D eigenvalue weighted by atomic mass is 32.2. The molecule has 0 radical (unpaired) electrons. The van der Waals surface area contributed by atoms with Gasteiger partial charge in [0.15, 0.2) is 0 Å². The van der Waals surface area contributed by atoms with Crippen LogP contribution in [0.3, 0.4) is 0 Å². The van der Waals surface area contributed by atoms with E-state index >= 15 is 0 Å². The Bertz CT molecular complexity index is 474. The first-order valence-electron chi connectivity index (χ1n) is 5.13. The van der Waals surface area contributed by atoms with Crippen molar-refractivity contribution in [3.63, 3.8) is 0 Å². The second-order valence-corrected chi connectivity index (χ2v) is 7.30. The molecule has 0 aromatic carbocycles. The average Bonchev–Trinajstić information content (AvgIpc) is 2.81. The second kappa shape index (κ2) is 4.10. The fourth-order valence-electron chi connectivity index (χ4n) is 1.33. The second-order valence-electron chi connectivity index (χ2n) is 4.54. The number of rotatable bonds is 5. The normalized spacial score (nSPS) is 18.6. The standard InChI is InChI=1S/C10H15NO3S2/c1-10(2-3-10)7-11-16(13,14)9-4-8(5-12)15-6-9/h4,6,11-12H,2-3,5,7H2,1H3. The largest absolute Gasteiger partial charge is 0.391 e. The molecule has 0 spiro atoms. The van der Waals surface area contributed by atoms with Gasteiger partial charge in [0.2, 0.25) is 10.0 Å². The zero-order valence-electron chi connectivity index (χ0n) is 9.06. The van der Waals surface area contributed by atoms with Crippen LogP contribution in [0.15, 0.2) is 16.3 Å². The van der Waals surface area contributed by atoms with Gasteiger partial charge in [0.1, 0.15) is 0 Å². The number of sulfonamides is 1. The van der Waals surface area contributed by atoms with Crippen LogP contribution in [0.25, 0.3) is 0 Å². The van der Waals surface area contributed by atoms with Crippen LogP contribution in [0, 0.1) is 5.41 Å². The molecule has 16 heavy (non-hydrogen) atoms. The van der Waals surface area contributed by atoms with Crippen LogP contribution in [0.1, 0.15) is 24.6 Å². The van der Waals surface area contributed by atoms with Crippen molar-refractivity contribution in [3.05, 3.63) is 16.3 Å². The Morgan fingerprint density at radius 1 is 1.56 bits per heavy atom. The Labute approximate surface area is 99.4 Å². The van der Waals surface area contributed by atoms with E-state index in [1.807, 2.05) is 0 Å². The van der Waals surface area contributed by atoms with Crippen molar-refractivity contribution in [2.24, 2.45) is 5.41 Å².